The Kier molecular flexibility index (Phi) is 5.53. The minimum Gasteiger partial charge on any atom is -0.379 e. The molecule has 0 saturated carbocycles. The zero-order valence-electron chi connectivity index (χ0n) is 11.3. The summed E-state index contributed by atoms with van der Waals surface area (Å²) in [7, 11) is 0. The fourth-order valence-electron chi connectivity index (χ4n) is 2.45. The average molecular weight is 291 g/mol. The third kappa shape index (κ3) is 3.79. The van der Waals surface area contributed by atoms with E-state index in [1.807, 2.05) is 12.3 Å². The number of morpholine rings is 1. The molecule has 2 aromatic rings. The number of benzene rings is 1. The molecular formula is C16H19ClN2O. The predicted molar refractivity (Wildman–Crippen MR) is 83.2 cm³/mol. The van der Waals surface area contributed by atoms with Crippen LogP contribution in [0.2, 0.25) is 0 Å². The fourth-order valence-corrected chi connectivity index (χ4v) is 2.45. The summed E-state index contributed by atoms with van der Waals surface area (Å²) >= 11 is 0. The Hall–Kier alpha value is -1.42. The monoisotopic (exact) mass is 290 g/mol. The number of pyridine rings is 1. The molecule has 0 aliphatic carbocycles. The number of hydrogen-bond acceptors (Lipinski definition) is 3. The normalized spacial score (nSPS) is 18.3. The Morgan fingerprint density at radius 3 is 2.85 bits per heavy atom. The van der Waals surface area contributed by atoms with Gasteiger partial charge in [0.2, 0.25) is 0 Å². The molecule has 1 saturated heterocycles. The van der Waals surface area contributed by atoms with Crippen molar-refractivity contribution < 1.29 is 4.74 Å². The molecule has 0 spiro atoms. The molecule has 0 amide bonds. The van der Waals surface area contributed by atoms with Crippen molar-refractivity contribution >= 4 is 12.4 Å². The van der Waals surface area contributed by atoms with Crippen LogP contribution in [0.15, 0.2) is 48.8 Å². The molecule has 3 rings (SSSR count). The second kappa shape index (κ2) is 7.39. The zero-order valence-corrected chi connectivity index (χ0v) is 12.1. The standard InChI is InChI=1S/C16H18N2O.ClH/c1-3-13(10-16-12-19-8-7-18-16)9-14(4-1)15-5-2-6-17-11-15;/h1-6,9,11,16,18H,7-8,10,12H2;1H. The molecule has 2 heterocycles. The van der Waals surface area contributed by atoms with Crippen LogP contribution in [-0.4, -0.2) is 30.8 Å². The number of rotatable bonds is 3. The van der Waals surface area contributed by atoms with Gasteiger partial charge in [-0.05, 0) is 29.2 Å². The molecule has 3 nitrogen and oxygen atoms in total. The van der Waals surface area contributed by atoms with Crippen LogP contribution < -0.4 is 5.32 Å². The smallest absolute Gasteiger partial charge is 0.0623 e. The molecule has 1 N–H and O–H groups in total. The predicted octanol–water partition coefficient (Wildman–Crippen LogP) is 2.70. The molecule has 1 atom stereocenters. The highest BCUT2D eigenvalue weighted by Crippen LogP contribution is 2.20. The lowest BCUT2D eigenvalue weighted by Gasteiger charge is -2.24. The summed E-state index contributed by atoms with van der Waals surface area (Å²) in [6, 6.07) is 13.2. The van der Waals surface area contributed by atoms with E-state index in [2.05, 4.69) is 40.6 Å². The quantitative estimate of drug-likeness (QED) is 0.944. The van der Waals surface area contributed by atoms with E-state index < -0.39 is 0 Å². The highest BCUT2D eigenvalue weighted by atomic mass is 35.5. The van der Waals surface area contributed by atoms with Crippen molar-refractivity contribution in [2.45, 2.75) is 12.5 Å². The van der Waals surface area contributed by atoms with Gasteiger partial charge < -0.3 is 10.1 Å². The first-order valence-corrected chi connectivity index (χ1v) is 6.72. The first-order chi connectivity index (χ1) is 9.42. The van der Waals surface area contributed by atoms with Crippen LogP contribution in [-0.2, 0) is 11.2 Å². The fraction of sp³-hybridized carbons (Fsp3) is 0.312. The summed E-state index contributed by atoms with van der Waals surface area (Å²) < 4.78 is 5.50. The lowest BCUT2D eigenvalue weighted by atomic mass is 10.0. The third-order valence-electron chi connectivity index (χ3n) is 3.40. The molecule has 0 radical (unpaired) electrons. The number of ether oxygens (including phenoxy) is 1. The van der Waals surface area contributed by atoms with Crippen molar-refractivity contribution in [2.75, 3.05) is 19.8 Å². The van der Waals surface area contributed by atoms with Gasteiger partial charge in [0.05, 0.1) is 13.2 Å². The largest absolute Gasteiger partial charge is 0.379 e. The molecular weight excluding hydrogens is 272 g/mol. The van der Waals surface area contributed by atoms with Crippen molar-refractivity contribution in [3.63, 3.8) is 0 Å². The van der Waals surface area contributed by atoms with Crippen molar-refractivity contribution in [3.05, 3.63) is 54.4 Å². The van der Waals surface area contributed by atoms with Gasteiger partial charge in [0.25, 0.3) is 0 Å². The van der Waals surface area contributed by atoms with E-state index in [9.17, 15) is 0 Å². The van der Waals surface area contributed by atoms with E-state index in [-0.39, 0.29) is 12.4 Å². The molecule has 1 aliphatic heterocycles. The summed E-state index contributed by atoms with van der Waals surface area (Å²) in [6.07, 6.45) is 4.71. The first-order valence-electron chi connectivity index (χ1n) is 6.72. The van der Waals surface area contributed by atoms with Crippen molar-refractivity contribution in [1.29, 1.82) is 0 Å². The van der Waals surface area contributed by atoms with Crippen LogP contribution >= 0.6 is 12.4 Å². The van der Waals surface area contributed by atoms with Gasteiger partial charge in [0, 0.05) is 25.0 Å². The van der Waals surface area contributed by atoms with E-state index in [1.165, 1.54) is 11.1 Å². The highest BCUT2D eigenvalue weighted by Gasteiger charge is 2.13. The number of aromatic nitrogens is 1. The Morgan fingerprint density at radius 1 is 1.20 bits per heavy atom. The summed E-state index contributed by atoms with van der Waals surface area (Å²) in [4.78, 5) is 4.17. The van der Waals surface area contributed by atoms with Crippen LogP contribution in [0.4, 0.5) is 0 Å². The first kappa shape index (κ1) is 15.0. The Bertz CT molecular complexity index is 527. The van der Waals surface area contributed by atoms with Gasteiger partial charge in [-0.15, -0.1) is 12.4 Å². The lowest BCUT2D eigenvalue weighted by Crippen LogP contribution is -2.42. The topological polar surface area (TPSA) is 34.1 Å². The third-order valence-corrected chi connectivity index (χ3v) is 3.40. The zero-order chi connectivity index (χ0) is 12.9. The number of nitrogens with one attached hydrogen (secondary N) is 1. The van der Waals surface area contributed by atoms with Crippen molar-refractivity contribution in [2.24, 2.45) is 0 Å². The maximum absolute atomic E-state index is 5.50. The van der Waals surface area contributed by atoms with Gasteiger partial charge in [-0.3, -0.25) is 4.98 Å². The molecule has 20 heavy (non-hydrogen) atoms. The molecule has 1 unspecified atom stereocenters. The summed E-state index contributed by atoms with van der Waals surface area (Å²) in [5.74, 6) is 0. The van der Waals surface area contributed by atoms with Gasteiger partial charge in [-0.1, -0.05) is 30.3 Å². The van der Waals surface area contributed by atoms with Gasteiger partial charge in [-0.2, -0.15) is 0 Å². The van der Waals surface area contributed by atoms with E-state index in [0.29, 0.717) is 6.04 Å². The van der Waals surface area contributed by atoms with Gasteiger partial charge in [-0.25, -0.2) is 0 Å². The van der Waals surface area contributed by atoms with Crippen molar-refractivity contribution in [1.82, 2.24) is 10.3 Å². The average Bonchev–Trinajstić information content (AvgIpc) is 2.49. The van der Waals surface area contributed by atoms with E-state index in [1.54, 1.807) is 6.20 Å². The molecule has 0 bridgehead atoms. The number of nitrogens with zero attached hydrogens (tertiary/aromatic N) is 1. The van der Waals surface area contributed by atoms with E-state index in [4.69, 9.17) is 4.74 Å². The summed E-state index contributed by atoms with van der Waals surface area (Å²) in [5, 5.41) is 3.49. The summed E-state index contributed by atoms with van der Waals surface area (Å²) in [6.45, 7) is 2.58. The van der Waals surface area contributed by atoms with Crippen LogP contribution in [0.25, 0.3) is 11.1 Å². The second-order valence-electron chi connectivity index (χ2n) is 4.87. The minimum atomic E-state index is 0. The SMILES string of the molecule is Cl.c1cncc(-c2cccc(CC3COCCN3)c2)c1. The van der Waals surface area contributed by atoms with Gasteiger partial charge in [0.1, 0.15) is 0 Å². The van der Waals surface area contributed by atoms with Gasteiger partial charge >= 0.3 is 0 Å². The minimum absolute atomic E-state index is 0. The molecule has 106 valence electrons. The number of halogens is 1. The maximum Gasteiger partial charge on any atom is 0.0623 e. The van der Waals surface area contributed by atoms with E-state index in [0.717, 1.165) is 31.7 Å². The van der Waals surface area contributed by atoms with Crippen LogP contribution in [0.5, 0.6) is 0 Å². The van der Waals surface area contributed by atoms with Crippen LogP contribution in [0, 0.1) is 0 Å². The molecule has 1 aliphatic rings. The Morgan fingerprint density at radius 2 is 2.10 bits per heavy atom. The Balaban J connectivity index is 0.00000147. The van der Waals surface area contributed by atoms with Crippen LogP contribution in [0.3, 0.4) is 0 Å². The second-order valence-corrected chi connectivity index (χ2v) is 4.87. The molecule has 4 heteroatoms. The van der Waals surface area contributed by atoms with E-state index >= 15 is 0 Å². The van der Waals surface area contributed by atoms with Crippen molar-refractivity contribution in [3.8, 4) is 11.1 Å². The summed E-state index contributed by atoms with van der Waals surface area (Å²) in [5.41, 5.74) is 3.73. The molecule has 1 aromatic heterocycles. The molecule has 1 fully saturated rings. The van der Waals surface area contributed by atoms with Gasteiger partial charge in [0.15, 0.2) is 0 Å². The highest BCUT2D eigenvalue weighted by molar-refractivity contribution is 5.85. The molecule has 1 aromatic carbocycles. The number of hydrogen-bond donors (Lipinski definition) is 1. The lowest BCUT2D eigenvalue weighted by molar-refractivity contribution is 0.0770. The Labute approximate surface area is 125 Å². The van der Waals surface area contributed by atoms with Crippen LogP contribution in [0.1, 0.15) is 5.56 Å². The maximum atomic E-state index is 5.50.